The quantitative estimate of drug-likeness (QED) is 0.775. The minimum atomic E-state index is -1.22. The Morgan fingerprint density at radius 3 is 2.87 bits per heavy atom. The standard InChI is InChI=1S/C20H20F2N6O2/c1-11-5-17-15(18-19(29)26(2)8-13(21)9-28(18)25-17)10-27(11)20(30)24-14-3-4-16(22)12(6-14)7-23/h3-4,6,11,13H,5,8-10H2,1-2H3,(H,24,30)/t11-,13+/m1/s1. The van der Waals surface area contributed by atoms with Gasteiger partial charge in [0.15, 0.2) is 0 Å². The second-order valence-electron chi connectivity index (χ2n) is 7.66. The van der Waals surface area contributed by atoms with E-state index in [1.165, 1.54) is 21.7 Å². The summed E-state index contributed by atoms with van der Waals surface area (Å²) in [6.45, 7) is 1.97. The molecule has 0 aliphatic carbocycles. The summed E-state index contributed by atoms with van der Waals surface area (Å²) in [5.41, 5.74) is 1.74. The van der Waals surface area contributed by atoms with Gasteiger partial charge in [0.05, 0.1) is 30.9 Å². The van der Waals surface area contributed by atoms with E-state index in [0.717, 1.165) is 6.07 Å². The van der Waals surface area contributed by atoms with Crippen molar-refractivity contribution in [1.29, 1.82) is 5.26 Å². The topological polar surface area (TPSA) is 94.3 Å². The maximum absolute atomic E-state index is 14.1. The van der Waals surface area contributed by atoms with Gasteiger partial charge in [-0.25, -0.2) is 13.6 Å². The van der Waals surface area contributed by atoms with Gasteiger partial charge in [-0.05, 0) is 25.1 Å². The summed E-state index contributed by atoms with van der Waals surface area (Å²) in [6.07, 6.45) is -0.796. The van der Waals surface area contributed by atoms with Crippen LogP contribution in [-0.2, 0) is 19.5 Å². The lowest BCUT2D eigenvalue weighted by atomic mass is 9.99. The normalized spacial score (nSPS) is 20.8. The number of halogens is 2. The molecule has 0 saturated heterocycles. The molecule has 1 aromatic heterocycles. The van der Waals surface area contributed by atoms with Gasteiger partial charge in [0.25, 0.3) is 5.91 Å². The molecule has 0 saturated carbocycles. The van der Waals surface area contributed by atoms with E-state index < -0.39 is 18.0 Å². The highest BCUT2D eigenvalue weighted by Gasteiger charge is 2.37. The molecule has 10 heteroatoms. The lowest BCUT2D eigenvalue weighted by molar-refractivity contribution is 0.0766. The van der Waals surface area contributed by atoms with E-state index in [2.05, 4.69) is 10.4 Å². The van der Waals surface area contributed by atoms with Gasteiger partial charge in [0.2, 0.25) is 0 Å². The van der Waals surface area contributed by atoms with Gasteiger partial charge >= 0.3 is 6.03 Å². The summed E-state index contributed by atoms with van der Waals surface area (Å²) in [5, 5.41) is 16.1. The number of nitriles is 1. The molecule has 0 spiro atoms. The second-order valence-corrected chi connectivity index (χ2v) is 7.66. The van der Waals surface area contributed by atoms with Crippen molar-refractivity contribution in [1.82, 2.24) is 19.6 Å². The Hall–Kier alpha value is -3.48. The van der Waals surface area contributed by atoms with E-state index in [1.54, 1.807) is 18.0 Å². The van der Waals surface area contributed by atoms with E-state index in [0.29, 0.717) is 29.1 Å². The van der Waals surface area contributed by atoms with Crippen LogP contribution in [0.5, 0.6) is 0 Å². The number of anilines is 1. The molecule has 2 atom stereocenters. The van der Waals surface area contributed by atoms with Crippen molar-refractivity contribution in [3.8, 4) is 6.07 Å². The average molecular weight is 414 g/mol. The van der Waals surface area contributed by atoms with Crippen LogP contribution in [0.3, 0.4) is 0 Å². The summed E-state index contributed by atoms with van der Waals surface area (Å²) < 4.78 is 29.1. The fourth-order valence-electron chi connectivity index (χ4n) is 3.93. The molecule has 1 N–H and O–H groups in total. The second kappa shape index (κ2) is 7.40. The van der Waals surface area contributed by atoms with Crippen LogP contribution >= 0.6 is 0 Å². The number of alkyl halides is 1. The van der Waals surface area contributed by atoms with Gasteiger partial charge in [-0.3, -0.25) is 9.48 Å². The van der Waals surface area contributed by atoms with E-state index in [-0.39, 0.29) is 37.1 Å². The van der Waals surface area contributed by atoms with Gasteiger partial charge in [-0.1, -0.05) is 0 Å². The summed E-state index contributed by atoms with van der Waals surface area (Å²) in [5.74, 6) is -0.987. The van der Waals surface area contributed by atoms with Crippen LogP contribution in [0.4, 0.5) is 19.3 Å². The Kier molecular flexibility index (Phi) is 4.89. The number of rotatable bonds is 1. The van der Waals surface area contributed by atoms with Gasteiger partial charge in [0, 0.05) is 30.8 Å². The number of carbonyl (C=O) groups excluding carboxylic acids is 2. The molecule has 30 heavy (non-hydrogen) atoms. The van der Waals surface area contributed by atoms with Crippen LogP contribution in [-0.4, -0.2) is 57.3 Å². The van der Waals surface area contributed by atoms with Crippen LogP contribution in [0, 0.1) is 17.1 Å². The Morgan fingerprint density at radius 1 is 1.37 bits per heavy atom. The van der Waals surface area contributed by atoms with Gasteiger partial charge in [-0.15, -0.1) is 0 Å². The van der Waals surface area contributed by atoms with E-state index >= 15 is 0 Å². The average Bonchev–Trinajstić information content (AvgIpc) is 2.98. The Labute approximate surface area is 171 Å². The summed E-state index contributed by atoms with van der Waals surface area (Å²) in [4.78, 5) is 28.5. The number of urea groups is 1. The van der Waals surface area contributed by atoms with Crippen molar-refractivity contribution >= 4 is 17.6 Å². The van der Waals surface area contributed by atoms with Crippen LogP contribution in [0.1, 0.15) is 34.2 Å². The summed E-state index contributed by atoms with van der Waals surface area (Å²) in [6, 6.07) is 4.83. The molecule has 3 heterocycles. The third-order valence-electron chi connectivity index (χ3n) is 5.47. The monoisotopic (exact) mass is 414 g/mol. The highest BCUT2D eigenvalue weighted by Crippen LogP contribution is 2.29. The van der Waals surface area contributed by atoms with E-state index in [1.807, 2.05) is 6.92 Å². The maximum atomic E-state index is 14.1. The molecule has 3 amide bonds. The SMILES string of the molecule is C[C@@H]1Cc2nn3c(c2CN1C(=O)Nc1ccc(F)c(C#N)c1)C(=O)N(C)C[C@H](F)C3. The fraction of sp³-hybridized carbons (Fsp3) is 0.400. The minimum absolute atomic E-state index is 0.00843. The highest BCUT2D eigenvalue weighted by molar-refractivity contribution is 5.95. The molecule has 0 unspecified atom stereocenters. The van der Waals surface area contributed by atoms with Crippen molar-refractivity contribution in [3.05, 3.63) is 46.5 Å². The molecule has 4 rings (SSSR count). The van der Waals surface area contributed by atoms with E-state index in [9.17, 15) is 18.4 Å². The zero-order valence-corrected chi connectivity index (χ0v) is 16.5. The molecule has 2 aliphatic rings. The first-order chi connectivity index (χ1) is 14.3. The lowest BCUT2D eigenvalue weighted by Gasteiger charge is -2.33. The van der Waals surface area contributed by atoms with Crippen LogP contribution in [0.25, 0.3) is 0 Å². The predicted molar refractivity (Wildman–Crippen MR) is 103 cm³/mol. The molecular weight excluding hydrogens is 394 g/mol. The van der Waals surface area contributed by atoms with Crippen molar-refractivity contribution in [2.75, 3.05) is 18.9 Å². The Bertz CT molecular complexity index is 1080. The van der Waals surface area contributed by atoms with Gasteiger partial charge in [-0.2, -0.15) is 10.4 Å². The maximum Gasteiger partial charge on any atom is 0.322 e. The summed E-state index contributed by atoms with van der Waals surface area (Å²) in [7, 11) is 1.54. The highest BCUT2D eigenvalue weighted by atomic mass is 19.1. The number of hydrogen-bond donors (Lipinski definition) is 1. The zero-order valence-electron chi connectivity index (χ0n) is 16.5. The van der Waals surface area contributed by atoms with Crippen molar-refractivity contribution in [2.45, 2.75) is 38.6 Å². The Balaban J connectivity index is 1.61. The molecule has 0 radical (unpaired) electrons. The third-order valence-corrected chi connectivity index (χ3v) is 5.47. The molecular formula is C20H20F2N6O2. The first kappa shape index (κ1) is 19.8. The first-order valence-corrected chi connectivity index (χ1v) is 9.53. The van der Waals surface area contributed by atoms with Crippen LogP contribution in [0.15, 0.2) is 18.2 Å². The first-order valence-electron chi connectivity index (χ1n) is 9.53. The molecule has 1 aromatic carbocycles. The number of amides is 3. The molecule has 8 nitrogen and oxygen atoms in total. The fourth-order valence-corrected chi connectivity index (χ4v) is 3.93. The van der Waals surface area contributed by atoms with Crippen molar-refractivity contribution in [2.24, 2.45) is 0 Å². The number of carbonyl (C=O) groups is 2. The molecule has 2 aromatic rings. The molecule has 156 valence electrons. The minimum Gasteiger partial charge on any atom is -0.337 e. The molecule has 2 aliphatic heterocycles. The van der Waals surface area contributed by atoms with E-state index in [4.69, 9.17) is 5.26 Å². The smallest absolute Gasteiger partial charge is 0.322 e. The largest absolute Gasteiger partial charge is 0.337 e. The van der Waals surface area contributed by atoms with Crippen LogP contribution in [0.2, 0.25) is 0 Å². The third kappa shape index (κ3) is 3.36. The zero-order chi connectivity index (χ0) is 21.6. The number of fused-ring (bicyclic) bond motifs is 3. The predicted octanol–water partition coefficient (Wildman–Crippen LogP) is 2.30. The lowest BCUT2D eigenvalue weighted by Crippen LogP contribution is -2.45. The number of nitrogens with zero attached hydrogens (tertiary/aromatic N) is 5. The van der Waals surface area contributed by atoms with Crippen LogP contribution < -0.4 is 5.32 Å². The number of nitrogens with one attached hydrogen (secondary N) is 1. The van der Waals surface area contributed by atoms with Gasteiger partial charge < -0.3 is 15.1 Å². The van der Waals surface area contributed by atoms with Crippen molar-refractivity contribution in [3.63, 3.8) is 0 Å². The van der Waals surface area contributed by atoms with Gasteiger partial charge in [0.1, 0.15) is 23.8 Å². The molecule has 0 bridgehead atoms. The molecule has 0 fully saturated rings. The number of aromatic nitrogens is 2. The number of benzene rings is 1. The Morgan fingerprint density at radius 2 is 2.13 bits per heavy atom. The van der Waals surface area contributed by atoms with Crippen molar-refractivity contribution < 1.29 is 18.4 Å². The number of hydrogen-bond acceptors (Lipinski definition) is 4. The summed E-state index contributed by atoms with van der Waals surface area (Å²) >= 11 is 0.